The van der Waals surface area contributed by atoms with Crippen molar-refractivity contribution in [2.75, 3.05) is 0 Å². The third-order valence-electron chi connectivity index (χ3n) is 1.02. The summed E-state index contributed by atoms with van der Waals surface area (Å²) in [5.41, 5.74) is 0. The molecule has 0 heterocycles. The van der Waals surface area contributed by atoms with E-state index in [1.54, 1.807) is 18.2 Å². The molecule has 7 heteroatoms. The SMILES string of the molecule is Clc1c[c-]cc(Cl)c1.O=C(O)CC(=O)O.[Na+]. The minimum atomic E-state index is -1.31. The molecule has 0 aliphatic heterocycles. The predicted molar refractivity (Wildman–Crippen MR) is 55.2 cm³/mol. The van der Waals surface area contributed by atoms with Gasteiger partial charge in [0.2, 0.25) is 0 Å². The molecule has 0 unspecified atom stereocenters. The van der Waals surface area contributed by atoms with E-state index < -0.39 is 18.4 Å². The fraction of sp³-hybridized carbons (Fsp3) is 0.111. The van der Waals surface area contributed by atoms with Gasteiger partial charge < -0.3 is 10.2 Å². The fourth-order valence-electron chi connectivity index (χ4n) is 0.545. The summed E-state index contributed by atoms with van der Waals surface area (Å²) < 4.78 is 0. The monoisotopic (exact) mass is 272 g/mol. The third kappa shape index (κ3) is 11.8. The van der Waals surface area contributed by atoms with E-state index in [0.717, 1.165) is 0 Å². The van der Waals surface area contributed by atoms with Crippen molar-refractivity contribution >= 4 is 35.1 Å². The number of hydrogen-bond donors (Lipinski definition) is 2. The molecular weight excluding hydrogens is 266 g/mol. The summed E-state index contributed by atoms with van der Waals surface area (Å²) >= 11 is 11.1. The van der Waals surface area contributed by atoms with Crippen molar-refractivity contribution < 1.29 is 49.4 Å². The number of aliphatic carboxylic acids is 2. The summed E-state index contributed by atoms with van der Waals surface area (Å²) in [7, 11) is 0. The molecule has 0 amide bonds. The Hall–Kier alpha value is -0.260. The van der Waals surface area contributed by atoms with E-state index in [-0.39, 0.29) is 29.6 Å². The Morgan fingerprint density at radius 2 is 1.50 bits per heavy atom. The van der Waals surface area contributed by atoms with Gasteiger partial charge in [0.05, 0.1) is 0 Å². The van der Waals surface area contributed by atoms with Crippen LogP contribution in [-0.2, 0) is 9.59 Å². The van der Waals surface area contributed by atoms with Crippen molar-refractivity contribution in [1.82, 2.24) is 0 Å². The van der Waals surface area contributed by atoms with E-state index >= 15 is 0 Å². The van der Waals surface area contributed by atoms with Crippen molar-refractivity contribution in [3.05, 3.63) is 34.3 Å². The number of carbonyl (C=O) groups is 2. The summed E-state index contributed by atoms with van der Waals surface area (Å²) in [5.74, 6) is -2.62. The van der Waals surface area contributed by atoms with Crippen LogP contribution < -0.4 is 29.6 Å². The molecule has 1 aromatic carbocycles. The van der Waals surface area contributed by atoms with Gasteiger partial charge in [0, 0.05) is 0 Å². The Morgan fingerprint density at radius 1 is 1.12 bits per heavy atom. The van der Waals surface area contributed by atoms with Crippen molar-refractivity contribution in [3.63, 3.8) is 0 Å². The first-order valence-corrected chi connectivity index (χ1v) is 4.43. The van der Waals surface area contributed by atoms with Crippen molar-refractivity contribution in [2.45, 2.75) is 6.42 Å². The van der Waals surface area contributed by atoms with Crippen LogP contribution in [0.1, 0.15) is 6.42 Å². The Balaban J connectivity index is 0. The van der Waals surface area contributed by atoms with Crippen LogP contribution in [0.5, 0.6) is 0 Å². The maximum absolute atomic E-state index is 9.43. The minimum absolute atomic E-state index is 0. The van der Waals surface area contributed by atoms with Crippen LogP contribution >= 0.6 is 23.2 Å². The van der Waals surface area contributed by atoms with Crippen LogP contribution in [0.3, 0.4) is 0 Å². The Bertz CT molecular complexity index is 328. The minimum Gasteiger partial charge on any atom is -0.481 e. The van der Waals surface area contributed by atoms with Gasteiger partial charge in [-0.05, 0) is 0 Å². The molecule has 0 spiro atoms. The molecule has 0 aliphatic carbocycles. The van der Waals surface area contributed by atoms with E-state index in [1.165, 1.54) is 0 Å². The molecule has 0 bridgehead atoms. The van der Waals surface area contributed by atoms with E-state index in [4.69, 9.17) is 33.4 Å². The van der Waals surface area contributed by atoms with Gasteiger partial charge in [-0.3, -0.25) is 9.59 Å². The van der Waals surface area contributed by atoms with Crippen molar-refractivity contribution in [3.8, 4) is 0 Å². The molecule has 16 heavy (non-hydrogen) atoms. The van der Waals surface area contributed by atoms with Crippen LogP contribution in [0.15, 0.2) is 18.2 Å². The zero-order valence-corrected chi connectivity index (χ0v) is 11.9. The maximum Gasteiger partial charge on any atom is 1.00 e. The average Bonchev–Trinajstić information content (AvgIpc) is 2.01. The van der Waals surface area contributed by atoms with E-state index in [0.29, 0.717) is 10.0 Å². The quantitative estimate of drug-likeness (QED) is 0.426. The molecule has 1 aromatic rings. The van der Waals surface area contributed by atoms with Crippen LogP contribution in [0.2, 0.25) is 10.0 Å². The molecule has 2 N–H and O–H groups in total. The van der Waals surface area contributed by atoms with Gasteiger partial charge in [-0.25, -0.2) is 0 Å². The smallest absolute Gasteiger partial charge is 0.481 e. The van der Waals surface area contributed by atoms with Crippen LogP contribution in [0.4, 0.5) is 0 Å². The molecule has 0 saturated heterocycles. The Morgan fingerprint density at radius 3 is 1.62 bits per heavy atom. The molecule has 0 atom stereocenters. The second-order valence-corrected chi connectivity index (χ2v) is 3.21. The van der Waals surface area contributed by atoms with Crippen LogP contribution in [0.25, 0.3) is 0 Å². The fourth-order valence-corrected chi connectivity index (χ4v) is 0.962. The Kier molecular flexibility index (Phi) is 11.2. The van der Waals surface area contributed by atoms with E-state index in [9.17, 15) is 9.59 Å². The summed E-state index contributed by atoms with van der Waals surface area (Å²) in [6.45, 7) is 0. The van der Waals surface area contributed by atoms with Gasteiger partial charge in [-0.2, -0.15) is 41.4 Å². The largest absolute Gasteiger partial charge is 1.00 e. The second kappa shape index (κ2) is 9.93. The van der Waals surface area contributed by atoms with Gasteiger partial charge in [-0.1, -0.05) is 10.0 Å². The third-order valence-corrected chi connectivity index (χ3v) is 1.46. The van der Waals surface area contributed by atoms with Gasteiger partial charge in [0.1, 0.15) is 6.42 Å². The number of carboxylic acid groups (broad SMARTS) is 2. The molecule has 82 valence electrons. The number of carboxylic acids is 2. The molecule has 0 aliphatic rings. The molecule has 0 saturated carbocycles. The maximum atomic E-state index is 9.43. The molecule has 0 fully saturated rings. The number of rotatable bonds is 2. The van der Waals surface area contributed by atoms with Gasteiger partial charge in [0.15, 0.2) is 0 Å². The van der Waals surface area contributed by atoms with Crippen LogP contribution in [0, 0.1) is 6.07 Å². The average molecular weight is 273 g/mol. The summed E-state index contributed by atoms with van der Waals surface area (Å²) in [6, 6.07) is 7.75. The molecule has 1 rings (SSSR count). The standard InChI is InChI=1S/C6H3Cl2.C3H4O4.Na/c7-5-2-1-3-6(8)4-5;4-2(5)1-3(6)7;/h2-4H;1H2,(H,4,5)(H,6,7);/q-1;;+1. The predicted octanol–water partition coefficient (Wildman–Crippen LogP) is -0.657. The first kappa shape index (κ1) is 18.1. The summed E-state index contributed by atoms with van der Waals surface area (Å²) in [5, 5.41) is 16.7. The van der Waals surface area contributed by atoms with E-state index in [2.05, 4.69) is 6.07 Å². The normalized spacial score (nSPS) is 8.12. The zero-order chi connectivity index (χ0) is 11.8. The first-order chi connectivity index (χ1) is 6.91. The Labute approximate surface area is 124 Å². The molecule has 0 radical (unpaired) electrons. The molecule has 0 aromatic heterocycles. The van der Waals surface area contributed by atoms with E-state index in [1.807, 2.05) is 0 Å². The number of benzene rings is 1. The zero-order valence-electron chi connectivity index (χ0n) is 8.41. The first-order valence-electron chi connectivity index (χ1n) is 3.67. The van der Waals surface area contributed by atoms with Crippen molar-refractivity contribution in [2.24, 2.45) is 0 Å². The summed E-state index contributed by atoms with van der Waals surface area (Å²) in [4.78, 5) is 18.9. The number of halogens is 2. The van der Waals surface area contributed by atoms with Gasteiger partial charge in [0.25, 0.3) is 0 Å². The van der Waals surface area contributed by atoms with Gasteiger partial charge >= 0.3 is 41.5 Å². The second-order valence-electron chi connectivity index (χ2n) is 2.33. The topological polar surface area (TPSA) is 74.6 Å². The van der Waals surface area contributed by atoms with Crippen molar-refractivity contribution in [1.29, 1.82) is 0 Å². The molecular formula is C9H7Cl2NaO4. The number of hydrogen-bond acceptors (Lipinski definition) is 2. The van der Waals surface area contributed by atoms with Crippen LogP contribution in [-0.4, -0.2) is 22.2 Å². The summed E-state index contributed by atoms with van der Waals surface area (Å²) in [6.07, 6.45) is -0.806. The molecule has 4 nitrogen and oxygen atoms in total. The van der Waals surface area contributed by atoms with Gasteiger partial charge in [-0.15, -0.1) is 6.07 Å².